The van der Waals surface area contributed by atoms with Gasteiger partial charge in [-0.25, -0.2) is 13.8 Å². The minimum atomic E-state index is -1.45. The molecule has 0 radical (unpaired) electrons. The molecule has 0 saturated heterocycles. The summed E-state index contributed by atoms with van der Waals surface area (Å²) >= 11 is 5.97. The predicted molar refractivity (Wildman–Crippen MR) is 135 cm³/mol. The third kappa shape index (κ3) is 5.78. The first-order valence-electron chi connectivity index (χ1n) is 11.7. The van der Waals surface area contributed by atoms with Crippen molar-refractivity contribution in [2.75, 3.05) is 34.0 Å². The number of methoxy groups -OCH3 is 2. The Morgan fingerprint density at radius 3 is 2.49 bits per heavy atom. The minimum Gasteiger partial charge on any atom is -0.494 e. The number of amides is 1. The molecule has 0 spiro atoms. The van der Waals surface area contributed by atoms with Crippen molar-refractivity contribution in [2.24, 2.45) is 5.92 Å². The third-order valence-corrected chi connectivity index (χ3v) is 6.54. The fraction of sp³-hybridized carbons (Fsp3) is 0.333. The van der Waals surface area contributed by atoms with E-state index in [2.05, 4.69) is 10.3 Å². The second kappa shape index (κ2) is 11.3. The normalized spacial score (nSPS) is 14.5. The lowest BCUT2D eigenvalue weighted by Gasteiger charge is -2.29. The average Bonchev–Trinajstić information content (AvgIpc) is 3.77. The van der Waals surface area contributed by atoms with Crippen LogP contribution in [-0.4, -0.2) is 50.0 Å². The van der Waals surface area contributed by atoms with Gasteiger partial charge in [-0.05, 0) is 67.3 Å². The van der Waals surface area contributed by atoms with Crippen molar-refractivity contribution in [1.82, 2.24) is 10.3 Å². The average molecular weight is 533 g/mol. The van der Waals surface area contributed by atoms with Crippen LogP contribution >= 0.6 is 11.6 Å². The van der Waals surface area contributed by atoms with E-state index in [1.165, 1.54) is 50.6 Å². The van der Waals surface area contributed by atoms with Crippen LogP contribution in [0.5, 0.6) is 17.2 Å². The van der Waals surface area contributed by atoms with Crippen molar-refractivity contribution in [3.05, 3.63) is 70.6 Å². The number of ether oxygens (including phenoxy) is 3. The van der Waals surface area contributed by atoms with E-state index < -0.39 is 24.0 Å². The first kappa shape index (κ1) is 26.6. The molecule has 196 valence electrons. The summed E-state index contributed by atoms with van der Waals surface area (Å²) in [6.07, 6.45) is 1.54. The van der Waals surface area contributed by atoms with Gasteiger partial charge < -0.3 is 24.6 Å². The number of aliphatic hydroxyl groups is 1. The number of hydrogen-bond donors (Lipinski definition) is 2. The van der Waals surface area contributed by atoms with Crippen LogP contribution in [0.25, 0.3) is 11.3 Å². The molecule has 1 amide bonds. The van der Waals surface area contributed by atoms with Crippen LogP contribution < -0.4 is 19.5 Å². The highest BCUT2D eigenvalue weighted by Gasteiger charge is 2.46. The number of rotatable bonds is 11. The summed E-state index contributed by atoms with van der Waals surface area (Å²) in [6.45, 7) is -0.875. The zero-order chi connectivity index (χ0) is 26.6. The number of halogens is 3. The Kier molecular flexibility index (Phi) is 8.14. The van der Waals surface area contributed by atoms with Crippen molar-refractivity contribution in [3.63, 3.8) is 0 Å². The first-order chi connectivity index (χ1) is 17.8. The Morgan fingerprint density at radius 2 is 1.84 bits per heavy atom. The summed E-state index contributed by atoms with van der Waals surface area (Å²) in [5, 5.41) is 14.4. The predicted octanol–water partition coefficient (Wildman–Crippen LogP) is 4.93. The highest BCUT2D eigenvalue weighted by atomic mass is 35.5. The number of nitrogens with zero attached hydrogens (tertiary/aromatic N) is 1. The number of benzene rings is 2. The number of carbonyl (C=O) groups excluding carboxylic acids is 1. The molecule has 1 heterocycles. The second-order valence-corrected chi connectivity index (χ2v) is 9.07. The molecule has 1 saturated carbocycles. The number of nitrogens with one attached hydrogen (secondary N) is 1. The van der Waals surface area contributed by atoms with E-state index in [0.717, 1.165) is 12.8 Å². The van der Waals surface area contributed by atoms with Gasteiger partial charge in [-0.2, -0.15) is 0 Å². The quantitative estimate of drug-likeness (QED) is 0.364. The van der Waals surface area contributed by atoms with Gasteiger partial charge in [0.05, 0.1) is 31.5 Å². The van der Waals surface area contributed by atoms with E-state index in [1.54, 1.807) is 12.1 Å². The van der Waals surface area contributed by atoms with Gasteiger partial charge in [-0.1, -0.05) is 11.6 Å². The molecule has 2 aromatic carbocycles. The van der Waals surface area contributed by atoms with Crippen molar-refractivity contribution >= 4 is 17.5 Å². The molecule has 0 aliphatic heterocycles. The fourth-order valence-corrected chi connectivity index (χ4v) is 4.28. The molecule has 2 N–H and O–H groups in total. The Balaban J connectivity index is 1.59. The molecule has 7 nitrogen and oxygen atoms in total. The molecule has 0 bridgehead atoms. The Morgan fingerprint density at radius 1 is 1.11 bits per heavy atom. The highest BCUT2D eigenvalue weighted by molar-refractivity contribution is 6.31. The van der Waals surface area contributed by atoms with E-state index in [9.17, 15) is 18.7 Å². The van der Waals surface area contributed by atoms with E-state index in [-0.39, 0.29) is 35.4 Å². The summed E-state index contributed by atoms with van der Waals surface area (Å²) in [7, 11) is 2.91. The summed E-state index contributed by atoms with van der Waals surface area (Å²) in [6, 6.07) is 12.1. The number of aromatic nitrogens is 1. The lowest BCUT2D eigenvalue weighted by molar-refractivity contribution is 0.00953. The maximum absolute atomic E-state index is 13.7. The Bertz CT molecular complexity index is 1290. The van der Waals surface area contributed by atoms with Crippen LogP contribution in [0.15, 0.2) is 48.5 Å². The number of alkyl halides is 1. The largest absolute Gasteiger partial charge is 0.494 e. The van der Waals surface area contributed by atoms with Crippen LogP contribution in [0.4, 0.5) is 8.78 Å². The SMILES string of the molecule is COc1cc(C(=O)NCC(O)(c2ccc(OC)c(-c3ccc(F)c(Cl)c3)n2)C2CC2)ccc1OCCF. The maximum atomic E-state index is 13.7. The Hall–Kier alpha value is -3.43. The van der Waals surface area contributed by atoms with Crippen molar-refractivity contribution in [1.29, 1.82) is 0 Å². The highest BCUT2D eigenvalue weighted by Crippen LogP contribution is 2.46. The van der Waals surface area contributed by atoms with Crippen molar-refractivity contribution in [2.45, 2.75) is 18.4 Å². The first-order valence-corrected chi connectivity index (χ1v) is 12.1. The zero-order valence-corrected chi connectivity index (χ0v) is 21.1. The van der Waals surface area contributed by atoms with Gasteiger partial charge in [0.15, 0.2) is 11.5 Å². The van der Waals surface area contributed by atoms with Gasteiger partial charge in [-0.3, -0.25) is 4.79 Å². The lowest BCUT2D eigenvalue weighted by Crippen LogP contribution is -2.43. The second-order valence-electron chi connectivity index (χ2n) is 8.66. The molecule has 4 rings (SSSR count). The van der Waals surface area contributed by atoms with Crippen LogP contribution in [0.2, 0.25) is 5.02 Å². The molecular weight excluding hydrogens is 506 g/mol. The van der Waals surface area contributed by atoms with Crippen molar-refractivity contribution in [3.8, 4) is 28.5 Å². The lowest BCUT2D eigenvalue weighted by atomic mass is 9.92. The number of hydrogen-bond acceptors (Lipinski definition) is 6. The van der Waals surface area contributed by atoms with Crippen molar-refractivity contribution < 1.29 is 32.9 Å². The summed E-state index contributed by atoms with van der Waals surface area (Å²) in [5.74, 6) is -0.0648. The van der Waals surface area contributed by atoms with Gasteiger partial charge in [0.1, 0.15) is 36.1 Å². The zero-order valence-electron chi connectivity index (χ0n) is 20.4. The van der Waals surface area contributed by atoms with Crippen LogP contribution in [0.3, 0.4) is 0 Å². The van der Waals surface area contributed by atoms with Crippen LogP contribution in [-0.2, 0) is 5.60 Å². The van der Waals surface area contributed by atoms with E-state index in [1.807, 2.05) is 0 Å². The van der Waals surface area contributed by atoms with Gasteiger partial charge in [0, 0.05) is 11.1 Å². The monoisotopic (exact) mass is 532 g/mol. The minimum absolute atomic E-state index is 0.0620. The summed E-state index contributed by atoms with van der Waals surface area (Å²) < 4.78 is 42.2. The molecule has 3 aromatic rings. The van der Waals surface area contributed by atoms with Gasteiger partial charge in [0.25, 0.3) is 5.91 Å². The number of carbonyl (C=O) groups is 1. The molecule has 1 atom stereocenters. The number of pyridine rings is 1. The molecule has 1 fully saturated rings. The molecule has 1 aromatic heterocycles. The maximum Gasteiger partial charge on any atom is 0.251 e. The third-order valence-electron chi connectivity index (χ3n) is 6.25. The smallest absolute Gasteiger partial charge is 0.251 e. The van der Waals surface area contributed by atoms with Gasteiger partial charge in [0.2, 0.25) is 0 Å². The molecule has 1 unspecified atom stereocenters. The Labute approximate surface area is 218 Å². The molecule has 1 aliphatic carbocycles. The standard InChI is InChI=1S/C27H27ClF2N2O5/c1-35-22-9-10-24(32-25(22)16-3-7-20(30)19(28)13-16)27(34,18-5-6-18)15-31-26(33)17-4-8-21(37-12-11-29)23(14-17)36-2/h3-4,7-10,13-14,18,34H,5-6,11-12,15H2,1-2H3,(H,31,33). The molecule has 1 aliphatic rings. The van der Waals surface area contributed by atoms with Gasteiger partial charge >= 0.3 is 0 Å². The van der Waals surface area contributed by atoms with E-state index in [0.29, 0.717) is 28.5 Å². The van der Waals surface area contributed by atoms with Crippen LogP contribution in [0, 0.1) is 11.7 Å². The van der Waals surface area contributed by atoms with Gasteiger partial charge in [-0.15, -0.1) is 0 Å². The summed E-state index contributed by atoms with van der Waals surface area (Å²) in [4.78, 5) is 17.6. The van der Waals surface area contributed by atoms with Crippen LogP contribution in [0.1, 0.15) is 28.9 Å². The van der Waals surface area contributed by atoms with E-state index >= 15 is 0 Å². The topological polar surface area (TPSA) is 89.9 Å². The fourth-order valence-electron chi connectivity index (χ4n) is 4.10. The molecule has 10 heteroatoms. The van der Waals surface area contributed by atoms with E-state index in [4.69, 9.17) is 25.8 Å². The molecular formula is C27H27ClF2N2O5. The molecule has 37 heavy (non-hydrogen) atoms. The summed E-state index contributed by atoms with van der Waals surface area (Å²) in [5.41, 5.74) is 0.0933.